The number of rotatable bonds is 7. The Hall–Kier alpha value is -2.53. The number of piperidine rings is 1. The van der Waals surface area contributed by atoms with Crippen molar-refractivity contribution >= 4 is 29.2 Å². The van der Waals surface area contributed by atoms with Crippen LogP contribution in [0.5, 0.6) is 0 Å². The highest BCUT2D eigenvalue weighted by Crippen LogP contribution is 2.32. The molecule has 1 aliphatic rings. The molecule has 0 radical (unpaired) electrons. The second-order valence-electron chi connectivity index (χ2n) is 8.21. The molecule has 0 bridgehead atoms. The molecule has 1 fully saturated rings. The Morgan fingerprint density at radius 1 is 1.16 bits per heavy atom. The smallest absolute Gasteiger partial charge is 0.337 e. The van der Waals surface area contributed by atoms with E-state index < -0.39 is 0 Å². The fourth-order valence-corrected chi connectivity index (χ4v) is 4.30. The van der Waals surface area contributed by atoms with Crippen LogP contribution in [0.2, 0.25) is 5.02 Å². The van der Waals surface area contributed by atoms with Gasteiger partial charge in [0.2, 0.25) is 0 Å². The lowest BCUT2D eigenvalue weighted by Crippen LogP contribution is -2.43. The van der Waals surface area contributed by atoms with E-state index in [-0.39, 0.29) is 11.9 Å². The lowest BCUT2D eigenvalue weighted by Gasteiger charge is -2.40. The molecule has 1 N–H and O–H groups in total. The highest BCUT2D eigenvalue weighted by atomic mass is 35.5. The molecule has 1 heterocycles. The highest BCUT2D eigenvalue weighted by Gasteiger charge is 2.27. The largest absolute Gasteiger partial charge is 0.465 e. The average Bonchev–Trinajstić information content (AvgIpc) is 2.79. The van der Waals surface area contributed by atoms with Gasteiger partial charge >= 0.3 is 5.97 Å². The number of ether oxygens (including phenoxy) is 1. The first-order chi connectivity index (χ1) is 14.9. The minimum Gasteiger partial charge on any atom is -0.465 e. The number of hydrogen-bond donors (Lipinski definition) is 1. The number of methoxy groups -OCH3 is 1. The molecule has 1 aliphatic heterocycles. The zero-order valence-electron chi connectivity index (χ0n) is 18.5. The normalized spacial score (nSPS) is 18.5. The summed E-state index contributed by atoms with van der Waals surface area (Å²) >= 11 is 6.24. The van der Waals surface area contributed by atoms with E-state index in [4.69, 9.17) is 16.3 Å². The van der Waals surface area contributed by atoms with Gasteiger partial charge in [0, 0.05) is 29.8 Å². The van der Waals surface area contributed by atoms with Crippen molar-refractivity contribution in [3.63, 3.8) is 0 Å². The number of nitrogens with one attached hydrogen (secondary N) is 1. The van der Waals surface area contributed by atoms with Crippen LogP contribution in [0, 0.1) is 5.92 Å². The van der Waals surface area contributed by atoms with E-state index in [1.165, 1.54) is 13.5 Å². The standard InChI is InChI=1S/C25H31ClN2O3/c1-4-18-6-5-17(2)28(16-18)23-12-11-21(26)15-22(23)24(29)27-14-13-19-7-9-20(10-8-19)25(30)31-3/h7-12,15,17-18H,4-6,13-14,16H2,1-3H3,(H,27,29). The van der Waals surface area contributed by atoms with Crippen LogP contribution >= 0.6 is 11.6 Å². The molecule has 0 saturated carbocycles. The summed E-state index contributed by atoms with van der Waals surface area (Å²) < 4.78 is 4.72. The maximum atomic E-state index is 13.0. The minimum absolute atomic E-state index is 0.116. The Morgan fingerprint density at radius 3 is 2.58 bits per heavy atom. The van der Waals surface area contributed by atoms with E-state index in [9.17, 15) is 9.59 Å². The number of carbonyl (C=O) groups excluding carboxylic acids is 2. The van der Waals surface area contributed by atoms with Crippen LogP contribution in [-0.4, -0.2) is 38.1 Å². The van der Waals surface area contributed by atoms with E-state index in [1.807, 2.05) is 24.3 Å². The van der Waals surface area contributed by atoms with Crippen LogP contribution in [-0.2, 0) is 11.2 Å². The van der Waals surface area contributed by atoms with E-state index >= 15 is 0 Å². The van der Waals surface area contributed by atoms with Crippen LogP contribution < -0.4 is 10.2 Å². The summed E-state index contributed by atoms with van der Waals surface area (Å²) in [4.78, 5) is 26.9. The fraction of sp³-hybridized carbons (Fsp3) is 0.440. The average molecular weight is 443 g/mol. The van der Waals surface area contributed by atoms with E-state index in [2.05, 4.69) is 24.1 Å². The number of carbonyl (C=O) groups is 2. The van der Waals surface area contributed by atoms with Crippen LogP contribution in [0.4, 0.5) is 5.69 Å². The first-order valence-corrected chi connectivity index (χ1v) is 11.3. The third-order valence-corrected chi connectivity index (χ3v) is 6.38. The first kappa shape index (κ1) is 23.1. The van der Waals surface area contributed by atoms with Gasteiger partial charge in [-0.15, -0.1) is 0 Å². The van der Waals surface area contributed by atoms with Gasteiger partial charge in [-0.1, -0.05) is 37.1 Å². The van der Waals surface area contributed by atoms with Gasteiger partial charge in [-0.05, 0) is 68.0 Å². The zero-order valence-corrected chi connectivity index (χ0v) is 19.2. The molecule has 1 saturated heterocycles. The number of halogens is 1. The van der Waals surface area contributed by atoms with Gasteiger partial charge in [-0.3, -0.25) is 4.79 Å². The fourth-order valence-electron chi connectivity index (χ4n) is 4.13. The summed E-state index contributed by atoms with van der Waals surface area (Å²) in [6.45, 7) is 5.91. The van der Waals surface area contributed by atoms with E-state index in [0.29, 0.717) is 41.1 Å². The highest BCUT2D eigenvalue weighted by molar-refractivity contribution is 6.31. The molecule has 2 aromatic carbocycles. The number of hydrogen-bond acceptors (Lipinski definition) is 4. The number of nitrogens with zero attached hydrogens (tertiary/aromatic N) is 1. The van der Waals surface area contributed by atoms with Crippen LogP contribution in [0.1, 0.15) is 59.4 Å². The number of anilines is 1. The van der Waals surface area contributed by atoms with Crippen molar-refractivity contribution in [2.24, 2.45) is 5.92 Å². The summed E-state index contributed by atoms with van der Waals surface area (Å²) in [6, 6.07) is 13.2. The second-order valence-corrected chi connectivity index (χ2v) is 8.65. The van der Waals surface area contributed by atoms with Gasteiger partial charge in [0.05, 0.1) is 18.2 Å². The SMILES string of the molecule is CCC1CCC(C)N(c2ccc(Cl)cc2C(=O)NCCc2ccc(C(=O)OC)cc2)C1. The molecule has 2 unspecified atom stereocenters. The Kier molecular flexibility index (Phi) is 7.97. The van der Waals surface area contributed by atoms with Gasteiger partial charge in [-0.25, -0.2) is 4.79 Å². The first-order valence-electron chi connectivity index (χ1n) is 10.9. The van der Waals surface area contributed by atoms with Crippen LogP contribution in [0.25, 0.3) is 0 Å². The Balaban J connectivity index is 1.67. The van der Waals surface area contributed by atoms with Crippen molar-refractivity contribution in [2.75, 3.05) is 25.1 Å². The molecule has 2 atom stereocenters. The summed E-state index contributed by atoms with van der Waals surface area (Å²) in [7, 11) is 1.36. The number of benzene rings is 2. The topological polar surface area (TPSA) is 58.6 Å². The summed E-state index contributed by atoms with van der Waals surface area (Å²) in [5.41, 5.74) is 3.13. The molecule has 5 nitrogen and oxygen atoms in total. The molecule has 6 heteroatoms. The van der Waals surface area contributed by atoms with Crippen molar-refractivity contribution in [2.45, 2.75) is 45.6 Å². The second kappa shape index (κ2) is 10.7. The van der Waals surface area contributed by atoms with E-state index in [1.54, 1.807) is 18.2 Å². The van der Waals surface area contributed by atoms with Gasteiger partial charge < -0.3 is 15.0 Å². The molecule has 31 heavy (non-hydrogen) atoms. The maximum absolute atomic E-state index is 13.0. The van der Waals surface area contributed by atoms with Crippen molar-refractivity contribution < 1.29 is 14.3 Å². The van der Waals surface area contributed by atoms with Crippen LogP contribution in [0.3, 0.4) is 0 Å². The number of esters is 1. The molecule has 3 rings (SSSR count). The minimum atomic E-state index is -0.356. The molecule has 2 aromatic rings. The molecule has 0 aromatic heterocycles. The molecule has 0 spiro atoms. The lowest BCUT2D eigenvalue weighted by atomic mass is 9.90. The third-order valence-electron chi connectivity index (χ3n) is 6.14. The van der Waals surface area contributed by atoms with E-state index in [0.717, 1.165) is 30.6 Å². The summed E-state index contributed by atoms with van der Waals surface area (Å²) in [5.74, 6) is 0.177. The molecular weight excluding hydrogens is 412 g/mol. The van der Waals surface area contributed by atoms with Crippen molar-refractivity contribution in [3.8, 4) is 0 Å². The predicted molar refractivity (Wildman–Crippen MR) is 125 cm³/mol. The maximum Gasteiger partial charge on any atom is 0.337 e. The monoisotopic (exact) mass is 442 g/mol. The summed E-state index contributed by atoms with van der Waals surface area (Å²) in [6.07, 6.45) is 4.18. The van der Waals surface area contributed by atoms with Crippen LogP contribution in [0.15, 0.2) is 42.5 Å². The molecule has 0 aliphatic carbocycles. The van der Waals surface area contributed by atoms with Crippen molar-refractivity contribution in [3.05, 3.63) is 64.2 Å². The molecule has 1 amide bonds. The molecular formula is C25H31ClN2O3. The van der Waals surface area contributed by atoms with Gasteiger partial charge in [0.15, 0.2) is 0 Å². The summed E-state index contributed by atoms with van der Waals surface area (Å²) in [5, 5.41) is 3.59. The third kappa shape index (κ3) is 5.79. The number of amides is 1. The van der Waals surface area contributed by atoms with Gasteiger partial charge in [0.1, 0.15) is 0 Å². The zero-order chi connectivity index (χ0) is 22.4. The molecule has 166 valence electrons. The van der Waals surface area contributed by atoms with Gasteiger partial charge in [0.25, 0.3) is 5.91 Å². The van der Waals surface area contributed by atoms with Gasteiger partial charge in [-0.2, -0.15) is 0 Å². The van der Waals surface area contributed by atoms with Crippen molar-refractivity contribution in [1.29, 1.82) is 0 Å². The Bertz CT molecular complexity index is 913. The Morgan fingerprint density at radius 2 is 1.90 bits per heavy atom. The predicted octanol–water partition coefficient (Wildman–Crippen LogP) is 5.11. The Labute approximate surface area is 189 Å². The van der Waals surface area contributed by atoms with Crippen molar-refractivity contribution in [1.82, 2.24) is 5.32 Å². The lowest BCUT2D eigenvalue weighted by molar-refractivity contribution is 0.0600. The quantitative estimate of drug-likeness (QED) is 0.605.